The van der Waals surface area contributed by atoms with Gasteiger partial charge >= 0.3 is 0 Å². The average Bonchev–Trinajstić information content (AvgIpc) is 2.73. The van der Waals surface area contributed by atoms with E-state index >= 15 is 0 Å². The number of benzene rings is 2. The number of rotatable bonds is 6. The Bertz CT molecular complexity index is 808. The maximum Gasteiger partial charge on any atom is 0.246 e. The van der Waals surface area contributed by atoms with Gasteiger partial charge in [0.05, 0.1) is 0 Å². The molecule has 1 aliphatic heterocycles. The van der Waals surface area contributed by atoms with E-state index in [1.165, 1.54) is 0 Å². The van der Waals surface area contributed by atoms with E-state index in [1.54, 1.807) is 6.08 Å². The van der Waals surface area contributed by atoms with E-state index < -0.39 is 0 Å². The van der Waals surface area contributed by atoms with E-state index in [1.807, 2.05) is 72.5 Å². The number of piperazine rings is 1. The molecule has 0 radical (unpaired) electrons. The van der Waals surface area contributed by atoms with Crippen LogP contribution in [0.2, 0.25) is 0 Å². The molecule has 0 spiro atoms. The molecule has 0 bridgehead atoms. The Kier molecular flexibility index (Phi) is 6.84. The maximum absolute atomic E-state index is 12.4. The highest BCUT2D eigenvalue weighted by atomic mass is 16.2. The number of nitrogens with one attached hydrogen (secondary N) is 1. The van der Waals surface area contributed by atoms with Gasteiger partial charge in [0.25, 0.3) is 0 Å². The predicted octanol–water partition coefficient (Wildman–Crippen LogP) is 3.79. The van der Waals surface area contributed by atoms with Crippen molar-refractivity contribution in [3.8, 4) is 0 Å². The second-order valence-electron chi connectivity index (χ2n) is 6.90. The third-order valence-electron chi connectivity index (χ3n) is 4.80. The minimum atomic E-state index is 0.0472. The highest BCUT2D eigenvalue weighted by Crippen LogP contribution is 2.20. The lowest BCUT2D eigenvalue weighted by atomic mass is 10.2. The van der Waals surface area contributed by atoms with Crippen LogP contribution in [-0.4, -0.2) is 42.9 Å². The van der Waals surface area contributed by atoms with Crippen LogP contribution in [0, 0.1) is 0 Å². The van der Waals surface area contributed by atoms with Gasteiger partial charge in [-0.1, -0.05) is 37.3 Å². The third kappa shape index (κ3) is 5.46. The molecule has 5 nitrogen and oxygen atoms in total. The third-order valence-corrected chi connectivity index (χ3v) is 4.80. The van der Waals surface area contributed by atoms with Crippen LogP contribution in [0.15, 0.2) is 60.7 Å². The summed E-state index contributed by atoms with van der Waals surface area (Å²) in [6.45, 7) is 4.99. The first-order valence-electron chi connectivity index (χ1n) is 9.82. The summed E-state index contributed by atoms with van der Waals surface area (Å²) < 4.78 is 0. The van der Waals surface area contributed by atoms with Crippen molar-refractivity contribution in [2.45, 2.75) is 19.8 Å². The molecule has 2 aromatic carbocycles. The zero-order valence-corrected chi connectivity index (χ0v) is 16.3. The molecule has 0 saturated carbocycles. The summed E-state index contributed by atoms with van der Waals surface area (Å²) in [6.07, 6.45) is 4.89. The van der Waals surface area contributed by atoms with E-state index in [-0.39, 0.29) is 11.8 Å². The maximum atomic E-state index is 12.4. The molecular weight excluding hydrogens is 350 g/mol. The minimum absolute atomic E-state index is 0.0472. The Morgan fingerprint density at radius 3 is 2.29 bits per heavy atom. The van der Waals surface area contributed by atoms with Gasteiger partial charge in [0.1, 0.15) is 0 Å². The molecule has 28 heavy (non-hydrogen) atoms. The summed E-state index contributed by atoms with van der Waals surface area (Å²) >= 11 is 0. The topological polar surface area (TPSA) is 52.7 Å². The summed E-state index contributed by atoms with van der Waals surface area (Å²) in [4.78, 5) is 28.2. The molecule has 3 rings (SSSR count). The molecule has 0 atom stereocenters. The molecule has 1 aliphatic rings. The van der Waals surface area contributed by atoms with Crippen LogP contribution in [0.1, 0.15) is 25.3 Å². The second-order valence-corrected chi connectivity index (χ2v) is 6.90. The quantitative estimate of drug-likeness (QED) is 0.780. The van der Waals surface area contributed by atoms with Crippen molar-refractivity contribution in [3.05, 3.63) is 66.2 Å². The van der Waals surface area contributed by atoms with E-state index in [9.17, 15) is 9.59 Å². The van der Waals surface area contributed by atoms with Crippen LogP contribution < -0.4 is 10.2 Å². The van der Waals surface area contributed by atoms with Gasteiger partial charge in [-0.3, -0.25) is 9.59 Å². The molecule has 1 N–H and O–H groups in total. The first kappa shape index (κ1) is 19.7. The van der Waals surface area contributed by atoms with Crippen molar-refractivity contribution in [1.82, 2.24) is 4.90 Å². The van der Waals surface area contributed by atoms with Crippen molar-refractivity contribution in [3.63, 3.8) is 0 Å². The fourth-order valence-corrected chi connectivity index (χ4v) is 3.23. The first-order chi connectivity index (χ1) is 13.7. The lowest BCUT2D eigenvalue weighted by Gasteiger charge is -2.35. The molecule has 0 unspecified atom stereocenters. The first-order valence-corrected chi connectivity index (χ1v) is 9.82. The van der Waals surface area contributed by atoms with Crippen LogP contribution in [0.25, 0.3) is 6.08 Å². The Hall–Kier alpha value is -3.08. The highest BCUT2D eigenvalue weighted by Gasteiger charge is 2.19. The predicted molar refractivity (Wildman–Crippen MR) is 114 cm³/mol. The normalized spacial score (nSPS) is 14.3. The Morgan fingerprint density at radius 2 is 1.64 bits per heavy atom. The van der Waals surface area contributed by atoms with Crippen molar-refractivity contribution in [2.24, 2.45) is 0 Å². The van der Waals surface area contributed by atoms with Gasteiger partial charge in [0.2, 0.25) is 11.8 Å². The lowest BCUT2D eigenvalue weighted by molar-refractivity contribution is -0.126. The molecular formula is C23H27N3O2. The van der Waals surface area contributed by atoms with Crippen molar-refractivity contribution < 1.29 is 9.59 Å². The summed E-state index contributed by atoms with van der Waals surface area (Å²) in [6, 6.07) is 17.8. The van der Waals surface area contributed by atoms with Gasteiger partial charge < -0.3 is 15.1 Å². The van der Waals surface area contributed by atoms with Crippen LogP contribution in [0.4, 0.5) is 11.4 Å². The van der Waals surface area contributed by atoms with E-state index in [4.69, 9.17) is 0 Å². The Balaban J connectivity index is 1.50. The molecule has 2 aromatic rings. The van der Waals surface area contributed by atoms with Gasteiger partial charge in [-0.25, -0.2) is 0 Å². The molecule has 0 aliphatic carbocycles. The molecule has 0 aromatic heterocycles. The SMILES string of the molecule is CCCC(=O)Nc1ccc(N2CCN(C(=O)/C=C/c3ccccc3)CC2)cc1. The van der Waals surface area contributed by atoms with Gasteiger partial charge in [-0.2, -0.15) is 0 Å². The number of hydrogen-bond donors (Lipinski definition) is 1. The molecule has 5 heteroatoms. The standard InChI is InChI=1S/C23H27N3O2/c1-2-6-22(27)24-20-10-12-21(13-11-20)25-15-17-26(18-16-25)23(28)14-9-19-7-4-3-5-8-19/h3-5,7-14H,2,6,15-18H2,1H3,(H,24,27)/b14-9+. The summed E-state index contributed by atoms with van der Waals surface area (Å²) in [5, 5.41) is 2.90. The fraction of sp³-hybridized carbons (Fsp3) is 0.304. The Morgan fingerprint density at radius 1 is 0.964 bits per heavy atom. The lowest BCUT2D eigenvalue weighted by Crippen LogP contribution is -2.48. The summed E-state index contributed by atoms with van der Waals surface area (Å²) in [5.74, 6) is 0.100. The van der Waals surface area contributed by atoms with E-state index in [0.717, 1.165) is 36.4 Å². The van der Waals surface area contributed by atoms with Gasteiger partial charge in [-0.15, -0.1) is 0 Å². The smallest absolute Gasteiger partial charge is 0.246 e. The molecule has 1 saturated heterocycles. The summed E-state index contributed by atoms with van der Waals surface area (Å²) in [7, 11) is 0. The van der Waals surface area contributed by atoms with E-state index in [0.29, 0.717) is 19.5 Å². The Labute approximate surface area is 166 Å². The number of anilines is 2. The molecule has 2 amide bonds. The number of hydrogen-bond acceptors (Lipinski definition) is 3. The number of carbonyl (C=O) groups excluding carboxylic acids is 2. The minimum Gasteiger partial charge on any atom is -0.368 e. The second kappa shape index (κ2) is 9.74. The van der Waals surface area contributed by atoms with E-state index in [2.05, 4.69) is 10.2 Å². The highest BCUT2D eigenvalue weighted by molar-refractivity contribution is 5.92. The van der Waals surface area contributed by atoms with Crippen LogP contribution in [0.3, 0.4) is 0 Å². The van der Waals surface area contributed by atoms with Crippen LogP contribution in [-0.2, 0) is 9.59 Å². The number of carbonyl (C=O) groups is 2. The van der Waals surface area contributed by atoms with Gasteiger partial charge in [-0.05, 0) is 42.3 Å². The largest absolute Gasteiger partial charge is 0.368 e. The number of amides is 2. The number of nitrogens with zero attached hydrogens (tertiary/aromatic N) is 2. The van der Waals surface area contributed by atoms with Crippen molar-refractivity contribution in [1.29, 1.82) is 0 Å². The fourth-order valence-electron chi connectivity index (χ4n) is 3.23. The average molecular weight is 377 g/mol. The van der Waals surface area contributed by atoms with Gasteiger partial charge in [0, 0.05) is 50.1 Å². The molecule has 1 heterocycles. The van der Waals surface area contributed by atoms with Crippen LogP contribution in [0.5, 0.6) is 0 Å². The monoisotopic (exact) mass is 377 g/mol. The van der Waals surface area contributed by atoms with Crippen LogP contribution >= 0.6 is 0 Å². The zero-order valence-electron chi connectivity index (χ0n) is 16.3. The molecule has 146 valence electrons. The summed E-state index contributed by atoms with van der Waals surface area (Å²) in [5.41, 5.74) is 2.96. The molecule has 1 fully saturated rings. The van der Waals surface area contributed by atoms with Crippen molar-refractivity contribution in [2.75, 3.05) is 36.4 Å². The van der Waals surface area contributed by atoms with Gasteiger partial charge in [0.15, 0.2) is 0 Å². The zero-order chi connectivity index (χ0) is 19.8. The van der Waals surface area contributed by atoms with Crippen molar-refractivity contribution >= 4 is 29.3 Å².